The summed E-state index contributed by atoms with van der Waals surface area (Å²) < 4.78 is 0. The van der Waals surface area contributed by atoms with Crippen LogP contribution in [0.25, 0.3) is 0 Å². The summed E-state index contributed by atoms with van der Waals surface area (Å²) in [6.07, 6.45) is 12.0. The number of aliphatic hydroxyl groups is 1. The molecule has 2 rings (SSSR count). The Morgan fingerprint density at radius 1 is 1.00 bits per heavy atom. The normalized spacial score (nSPS) is 24.7. The third-order valence-corrected chi connectivity index (χ3v) is 4.54. The molecule has 2 aliphatic carbocycles. The van der Waals surface area contributed by atoms with Crippen LogP contribution in [-0.2, 0) is 4.79 Å². The Labute approximate surface area is 110 Å². The molecule has 1 atom stereocenters. The van der Waals surface area contributed by atoms with Crippen LogP contribution in [0.4, 0.5) is 0 Å². The van der Waals surface area contributed by atoms with E-state index in [9.17, 15) is 9.90 Å². The number of hydrogen-bond donors (Lipinski definition) is 2. The number of carbonyl (C=O) groups excluding carboxylic acids is 1. The number of amides is 1. The maximum Gasteiger partial charge on any atom is 0.249 e. The third kappa shape index (κ3) is 4.27. The van der Waals surface area contributed by atoms with Crippen LogP contribution >= 0.6 is 0 Å². The zero-order chi connectivity index (χ0) is 12.8. The molecule has 0 saturated heterocycles. The molecule has 2 saturated carbocycles. The molecule has 0 radical (unpaired) electrons. The van der Waals surface area contributed by atoms with Gasteiger partial charge in [-0.05, 0) is 25.2 Å². The fourth-order valence-electron chi connectivity index (χ4n) is 3.39. The Morgan fingerprint density at radius 3 is 2.17 bits per heavy atom. The summed E-state index contributed by atoms with van der Waals surface area (Å²) in [7, 11) is 0. The standard InChI is InChI=1S/C15H27NO2/c17-14(11-12-7-3-1-4-8-12)15(18)16-13-9-5-2-6-10-13/h12-14,17H,1-11H2,(H,16,18). The van der Waals surface area contributed by atoms with E-state index in [1.807, 2.05) is 0 Å². The van der Waals surface area contributed by atoms with E-state index in [2.05, 4.69) is 5.32 Å². The fourth-order valence-corrected chi connectivity index (χ4v) is 3.39. The van der Waals surface area contributed by atoms with Crippen molar-refractivity contribution in [1.29, 1.82) is 0 Å². The van der Waals surface area contributed by atoms with E-state index in [4.69, 9.17) is 0 Å². The number of aliphatic hydroxyl groups excluding tert-OH is 1. The van der Waals surface area contributed by atoms with E-state index in [1.165, 1.54) is 51.4 Å². The first-order valence-corrected chi connectivity index (χ1v) is 7.74. The molecule has 0 aromatic heterocycles. The molecular weight excluding hydrogens is 226 g/mol. The van der Waals surface area contributed by atoms with Crippen molar-refractivity contribution < 1.29 is 9.90 Å². The van der Waals surface area contributed by atoms with Gasteiger partial charge in [-0.2, -0.15) is 0 Å². The van der Waals surface area contributed by atoms with Crippen LogP contribution in [0.5, 0.6) is 0 Å². The predicted octanol–water partition coefficient (Wildman–Crippen LogP) is 2.77. The largest absolute Gasteiger partial charge is 0.383 e. The van der Waals surface area contributed by atoms with Gasteiger partial charge in [0.2, 0.25) is 5.91 Å². The molecule has 0 aliphatic heterocycles. The Bertz CT molecular complexity index is 255. The van der Waals surface area contributed by atoms with E-state index >= 15 is 0 Å². The van der Waals surface area contributed by atoms with Gasteiger partial charge in [0.05, 0.1) is 0 Å². The lowest BCUT2D eigenvalue weighted by atomic mass is 9.85. The minimum atomic E-state index is -0.782. The van der Waals surface area contributed by atoms with Crippen LogP contribution in [0.15, 0.2) is 0 Å². The molecule has 0 aromatic carbocycles. The van der Waals surface area contributed by atoms with Gasteiger partial charge < -0.3 is 10.4 Å². The second-order valence-electron chi connectivity index (χ2n) is 6.10. The summed E-state index contributed by atoms with van der Waals surface area (Å²) in [5, 5.41) is 13.0. The van der Waals surface area contributed by atoms with Gasteiger partial charge in [0, 0.05) is 6.04 Å². The smallest absolute Gasteiger partial charge is 0.249 e. The summed E-state index contributed by atoms with van der Waals surface area (Å²) in [4.78, 5) is 11.9. The van der Waals surface area contributed by atoms with E-state index < -0.39 is 6.10 Å². The van der Waals surface area contributed by atoms with Crippen molar-refractivity contribution in [2.45, 2.75) is 82.8 Å². The van der Waals surface area contributed by atoms with Gasteiger partial charge in [0.1, 0.15) is 6.10 Å². The highest BCUT2D eigenvalue weighted by atomic mass is 16.3. The molecule has 18 heavy (non-hydrogen) atoms. The lowest BCUT2D eigenvalue weighted by Crippen LogP contribution is -2.43. The molecule has 104 valence electrons. The monoisotopic (exact) mass is 253 g/mol. The average molecular weight is 253 g/mol. The van der Waals surface area contributed by atoms with Crippen LogP contribution in [0.1, 0.15) is 70.6 Å². The lowest BCUT2D eigenvalue weighted by molar-refractivity contribution is -0.131. The quantitative estimate of drug-likeness (QED) is 0.809. The van der Waals surface area contributed by atoms with Gasteiger partial charge >= 0.3 is 0 Å². The van der Waals surface area contributed by atoms with Crippen molar-refractivity contribution >= 4 is 5.91 Å². The molecule has 0 spiro atoms. The van der Waals surface area contributed by atoms with E-state index in [0.29, 0.717) is 18.4 Å². The van der Waals surface area contributed by atoms with E-state index in [-0.39, 0.29) is 5.91 Å². The maximum atomic E-state index is 11.9. The van der Waals surface area contributed by atoms with Crippen LogP contribution in [0, 0.1) is 5.92 Å². The van der Waals surface area contributed by atoms with Crippen molar-refractivity contribution in [2.24, 2.45) is 5.92 Å². The predicted molar refractivity (Wildman–Crippen MR) is 72.2 cm³/mol. The Kier molecular flexibility index (Phi) is 5.48. The van der Waals surface area contributed by atoms with Crippen LogP contribution < -0.4 is 5.32 Å². The first-order valence-electron chi connectivity index (χ1n) is 7.74. The zero-order valence-corrected chi connectivity index (χ0v) is 11.4. The van der Waals surface area contributed by atoms with Gasteiger partial charge in [0.15, 0.2) is 0 Å². The van der Waals surface area contributed by atoms with Crippen LogP contribution in [-0.4, -0.2) is 23.2 Å². The summed E-state index contributed by atoms with van der Waals surface area (Å²) in [5.74, 6) is 0.429. The molecule has 0 heterocycles. The minimum absolute atomic E-state index is 0.132. The number of nitrogens with one attached hydrogen (secondary N) is 1. The summed E-state index contributed by atoms with van der Waals surface area (Å²) >= 11 is 0. The molecule has 2 aliphatic rings. The Balaban J connectivity index is 1.69. The molecule has 2 fully saturated rings. The minimum Gasteiger partial charge on any atom is -0.383 e. The van der Waals surface area contributed by atoms with Crippen LogP contribution in [0.2, 0.25) is 0 Å². The first kappa shape index (κ1) is 13.9. The molecule has 0 aromatic rings. The molecule has 1 unspecified atom stereocenters. The molecule has 3 nitrogen and oxygen atoms in total. The number of rotatable bonds is 4. The highest BCUT2D eigenvalue weighted by Gasteiger charge is 2.24. The topological polar surface area (TPSA) is 49.3 Å². The first-order chi connectivity index (χ1) is 8.75. The second-order valence-corrected chi connectivity index (χ2v) is 6.10. The summed E-state index contributed by atoms with van der Waals surface area (Å²) in [6, 6.07) is 0.312. The van der Waals surface area contributed by atoms with Gasteiger partial charge in [-0.3, -0.25) is 4.79 Å². The van der Waals surface area contributed by atoms with Gasteiger partial charge in [-0.15, -0.1) is 0 Å². The van der Waals surface area contributed by atoms with Gasteiger partial charge in [0.25, 0.3) is 0 Å². The SMILES string of the molecule is O=C(NC1CCCCC1)C(O)CC1CCCCC1. The zero-order valence-electron chi connectivity index (χ0n) is 11.4. The van der Waals surface area contributed by atoms with Gasteiger partial charge in [-0.25, -0.2) is 0 Å². The van der Waals surface area contributed by atoms with Gasteiger partial charge in [-0.1, -0.05) is 51.4 Å². The van der Waals surface area contributed by atoms with E-state index in [1.54, 1.807) is 0 Å². The lowest BCUT2D eigenvalue weighted by Gasteiger charge is -2.26. The summed E-state index contributed by atoms with van der Waals surface area (Å²) in [6.45, 7) is 0. The third-order valence-electron chi connectivity index (χ3n) is 4.54. The van der Waals surface area contributed by atoms with Crippen molar-refractivity contribution in [2.75, 3.05) is 0 Å². The highest BCUT2D eigenvalue weighted by molar-refractivity contribution is 5.80. The van der Waals surface area contributed by atoms with Crippen molar-refractivity contribution in [1.82, 2.24) is 5.32 Å². The molecule has 0 bridgehead atoms. The Hall–Kier alpha value is -0.570. The fraction of sp³-hybridized carbons (Fsp3) is 0.933. The molecular formula is C15H27NO2. The summed E-state index contributed by atoms with van der Waals surface area (Å²) in [5.41, 5.74) is 0. The number of hydrogen-bond acceptors (Lipinski definition) is 2. The van der Waals surface area contributed by atoms with Crippen molar-refractivity contribution in [3.63, 3.8) is 0 Å². The number of carbonyl (C=O) groups is 1. The Morgan fingerprint density at radius 2 is 1.56 bits per heavy atom. The molecule has 3 heteroatoms. The second kappa shape index (κ2) is 7.13. The van der Waals surface area contributed by atoms with Crippen molar-refractivity contribution in [3.8, 4) is 0 Å². The van der Waals surface area contributed by atoms with Crippen molar-refractivity contribution in [3.05, 3.63) is 0 Å². The van der Waals surface area contributed by atoms with E-state index in [0.717, 1.165) is 12.8 Å². The molecule has 1 amide bonds. The molecule has 2 N–H and O–H groups in total. The highest BCUT2D eigenvalue weighted by Crippen LogP contribution is 2.27. The maximum absolute atomic E-state index is 11.9. The van der Waals surface area contributed by atoms with Crippen LogP contribution in [0.3, 0.4) is 0 Å². The average Bonchev–Trinajstić information content (AvgIpc) is 2.41.